The van der Waals surface area contributed by atoms with Crippen molar-refractivity contribution < 1.29 is 12.8 Å². The molecule has 1 fully saturated rings. The van der Waals surface area contributed by atoms with E-state index in [0.717, 1.165) is 27.9 Å². The second-order valence-electron chi connectivity index (χ2n) is 8.24. The van der Waals surface area contributed by atoms with Gasteiger partial charge in [0.25, 0.3) is 0 Å². The highest BCUT2D eigenvalue weighted by molar-refractivity contribution is 7.88. The molecule has 0 spiro atoms. The van der Waals surface area contributed by atoms with Crippen molar-refractivity contribution in [1.29, 1.82) is 0 Å². The summed E-state index contributed by atoms with van der Waals surface area (Å²) in [6.07, 6.45) is 3.78. The Balaban J connectivity index is 1.41. The highest BCUT2D eigenvalue weighted by atomic mass is 32.2. The van der Waals surface area contributed by atoms with Crippen LogP contribution in [0.5, 0.6) is 0 Å². The summed E-state index contributed by atoms with van der Waals surface area (Å²) in [4.78, 5) is 5.46. The van der Waals surface area contributed by atoms with Crippen LogP contribution in [0, 0.1) is 5.82 Å². The summed E-state index contributed by atoms with van der Waals surface area (Å²) in [5.41, 5.74) is 5.29. The van der Waals surface area contributed by atoms with Gasteiger partial charge in [0.2, 0.25) is 10.0 Å². The zero-order valence-electron chi connectivity index (χ0n) is 17.4. The Hall–Kier alpha value is -2.68. The van der Waals surface area contributed by atoms with E-state index in [9.17, 15) is 8.42 Å². The Bertz CT molecular complexity index is 1270. The first-order chi connectivity index (χ1) is 14.9. The lowest BCUT2D eigenvalue weighted by atomic mass is 9.98. The molecule has 3 heterocycles. The third-order valence-corrected chi connectivity index (χ3v) is 7.47. The number of allylic oxidation sites excluding steroid dienone is 1. The molecule has 0 atom stereocenters. The summed E-state index contributed by atoms with van der Waals surface area (Å²) in [7, 11) is -3.16. The van der Waals surface area contributed by atoms with Crippen molar-refractivity contribution in [2.75, 3.05) is 37.8 Å². The molecule has 8 heteroatoms. The lowest BCUT2D eigenvalue weighted by Crippen LogP contribution is -2.47. The van der Waals surface area contributed by atoms with E-state index in [-0.39, 0.29) is 5.82 Å². The topological polar surface area (TPSA) is 68.4 Å². The fourth-order valence-corrected chi connectivity index (χ4v) is 5.31. The van der Waals surface area contributed by atoms with Crippen LogP contribution in [0.3, 0.4) is 0 Å². The van der Waals surface area contributed by atoms with Gasteiger partial charge in [-0.1, -0.05) is 30.3 Å². The average molecular weight is 441 g/mol. The highest BCUT2D eigenvalue weighted by Gasteiger charge is 2.25. The van der Waals surface area contributed by atoms with E-state index in [2.05, 4.69) is 21.3 Å². The number of benzene rings is 2. The van der Waals surface area contributed by atoms with Gasteiger partial charge >= 0.3 is 0 Å². The molecule has 0 aliphatic carbocycles. The summed E-state index contributed by atoms with van der Waals surface area (Å²) in [6.45, 7) is 2.78. The minimum Gasteiger partial charge on any atom is -0.361 e. The minimum atomic E-state index is -3.16. The smallest absolute Gasteiger partial charge is 0.211 e. The van der Waals surface area contributed by atoms with Crippen LogP contribution in [0.1, 0.15) is 16.8 Å². The lowest BCUT2D eigenvalue weighted by Gasteiger charge is -2.33. The summed E-state index contributed by atoms with van der Waals surface area (Å²) >= 11 is 0. The normalized spacial score (nSPS) is 17.9. The molecule has 0 saturated carbocycles. The van der Waals surface area contributed by atoms with Crippen molar-refractivity contribution >= 4 is 32.2 Å². The molecule has 0 unspecified atom stereocenters. The number of hydrogen-bond acceptors (Lipinski definition) is 4. The Morgan fingerprint density at radius 3 is 2.58 bits per heavy atom. The number of anilines is 1. The second kappa shape index (κ2) is 7.78. The van der Waals surface area contributed by atoms with E-state index in [1.54, 1.807) is 0 Å². The largest absolute Gasteiger partial charge is 0.361 e. The first kappa shape index (κ1) is 20.2. The summed E-state index contributed by atoms with van der Waals surface area (Å²) in [6, 6.07) is 13.8. The number of halogens is 1. The standard InChI is InChI=1S/C23H25FN4O2S/c1-31(29,30)28-11-9-27(10-12-28)15-17-6-4-8-20-21(17)22(24)23(26-20)18-13-16-5-2-3-7-19(16)25-14-18/h2-8,14,25-26H,9-13,15H2,1H3. The number of nitrogens with zero attached hydrogens (tertiary/aromatic N) is 2. The van der Waals surface area contributed by atoms with Gasteiger partial charge in [0.05, 0.1) is 11.9 Å². The van der Waals surface area contributed by atoms with Gasteiger partial charge in [0, 0.05) is 61.9 Å². The van der Waals surface area contributed by atoms with Gasteiger partial charge in [0.1, 0.15) is 0 Å². The van der Waals surface area contributed by atoms with Crippen LogP contribution in [0.2, 0.25) is 0 Å². The number of H-pyrrole nitrogens is 1. The molecule has 2 aromatic carbocycles. The van der Waals surface area contributed by atoms with Crippen LogP contribution < -0.4 is 5.32 Å². The molecule has 1 saturated heterocycles. The molecular weight excluding hydrogens is 415 g/mol. The summed E-state index contributed by atoms with van der Waals surface area (Å²) < 4.78 is 40.6. The Kier molecular flexibility index (Phi) is 5.08. The van der Waals surface area contributed by atoms with E-state index < -0.39 is 10.0 Å². The molecule has 2 N–H and O–H groups in total. The van der Waals surface area contributed by atoms with Crippen molar-refractivity contribution in [2.45, 2.75) is 13.0 Å². The monoisotopic (exact) mass is 440 g/mol. The number of nitrogens with one attached hydrogen (secondary N) is 2. The second-order valence-corrected chi connectivity index (χ2v) is 10.2. The maximum absolute atomic E-state index is 15.6. The van der Waals surface area contributed by atoms with Crippen LogP contribution >= 0.6 is 0 Å². The Morgan fingerprint density at radius 1 is 1.03 bits per heavy atom. The van der Waals surface area contributed by atoms with E-state index in [4.69, 9.17) is 0 Å². The van der Waals surface area contributed by atoms with Gasteiger partial charge in [-0.25, -0.2) is 12.8 Å². The highest BCUT2D eigenvalue weighted by Crippen LogP contribution is 2.34. The zero-order valence-corrected chi connectivity index (χ0v) is 18.2. The van der Waals surface area contributed by atoms with E-state index in [1.165, 1.54) is 10.6 Å². The molecular formula is C23H25FN4O2S. The molecule has 2 aliphatic heterocycles. The third kappa shape index (κ3) is 3.86. The van der Waals surface area contributed by atoms with Crippen molar-refractivity contribution in [3.8, 4) is 0 Å². The fraction of sp³-hybridized carbons (Fsp3) is 0.304. The number of fused-ring (bicyclic) bond motifs is 2. The first-order valence-corrected chi connectivity index (χ1v) is 12.3. The Labute approximate surface area is 181 Å². The van der Waals surface area contributed by atoms with E-state index >= 15 is 4.39 Å². The number of aromatic nitrogens is 1. The lowest BCUT2D eigenvalue weighted by molar-refractivity contribution is 0.182. The number of sulfonamides is 1. The predicted octanol–water partition coefficient (Wildman–Crippen LogP) is 3.39. The van der Waals surface area contributed by atoms with Crippen LogP contribution in [-0.2, 0) is 23.0 Å². The number of piperazine rings is 1. The Morgan fingerprint density at radius 2 is 1.81 bits per heavy atom. The molecule has 6 nitrogen and oxygen atoms in total. The number of aromatic amines is 1. The molecule has 0 amide bonds. The first-order valence-electron chi connectivity index (χ1n) is 10.4. The molecule has 31 heavy (non-hydrogen) atoms. The van der Waals surface area contributed by atoms with Gasteiger partial charge in [0.15, 0.2) is 5.82 Å². The molecule has 162 valence electrons. The predicted molar refractivity (Wildman–Crippen MR) is 122 cm³/mol. The molecule has 0 bridgehead atoms. The summed E-state index contributed by atoms with van der Waals surface area (Å²) in [5, 5.41) is 3.88. The SMILES string of the molecule is CS(=O)(=O)N1CCN(Cc2cccc3[nH]c(C4=CNc5ccccc5C4)c(F)c23)CC1. The number of hydrogen-bond donors (Lipinski definition) is 2. The molecule has 2 aliphatic rings. The van der Waals surface area contributed by atoms with Crippen LogP contribution in [-0.4, -0.2) is 55.0 Å². The zero-order chi connectivity index (χ0) is 21.6. The van der Waals surface area contributed by atoms with Crippen molar-refractivity contribution in [2.24, 2.45) is 0 Å². The van der Waals surface area contributed by atoms with Crippen LogP contribution in [0.25, 0.3) is 16.5 Å². The van der Waals surface area contributed by atoms with Crippen molar-refractivity contribution in [3.05, 3.63) is 71.3 Å². The molecule has 1 aromatic heterocycles. The summed E-state index contributed by atoms with van der Waals surface area (Å²) in [5.74, 6) is -0.229. The van der Waals surface area contributed by atoms with E-state index in [0.29, 0.717) is 50.2 Å². The average Bonchev–Trinajstić information content (AvgIpc) is 3.11. The van der Waals surface area contributed by atoms with Gasteiger partial charge in [-0.2, -0.15) is 4.31 Å². The number of para-hydroxylation sites is 1. The van der Waals surface area contributed by atoms with Gasteiger partial charge in [-0.3, -0.25) is 4.90 Å². The molecule has 0 radical (unpaired) electrons. The van der Waals surface area contributed by atoms with Crippen molar-refractivity contribution in [1.82, 2.24) is 14.2 Å². The maximum Gasteiger partial charge on any atom is 0.211 e. The van der Waals surface area contributed by atoms with E-state index in [1.807, 2.05) is 42.6 Å². The number of rotatable bonds is 4. The molecule has 5 rings (SSSR count). The van der Waals surface area contributed by atoms with Gasteiger partial charge in [-0.15, -0.1) is 0 Å². The minimum absolute atomic E-state index is 0.229. The maximum atomic E-state index is 15.6. The quantitative estimate of drug-likeness (QED) is 0.653. The van der Waals surface area contributed by atoms with Crippen molar-refractivity contribution in [3.63, 3.8) is 0 Å². The van der Waals surface area contributed by atoms with Crippen LogP contribution in [0.4, 0.5) is 10.1 Å². The van der Waals surface area contributed by atoms with Crippen LogP contribution in [0.15, 0.2) is 48.7 Å². The van der Waals surface area contributed by atoms with Gasteiger partial charge in [-0.05, 0) is 28.8 Å². The fourth-order valence-electron chi connectivity index (χ4n) is 4.49. The third-order valence-electron chi connectivity index (χ3n) is 6.16. The van der Waals surface area contributed by atoms with Gasteiger partial charge < -0.3 is 10.3 Å². The molecule has 3 aromatic rings.